The van der Waals surface area contributed by atoms with E-state index in [1.54, 1.807) is 29.9 Å². The second-order valence-electron chi connectivity index (χ2n) is 7.05. The van der Waals surface area contributed by atoms with E-state index >= 15 is 0 Å². The molecule has 1 aliphatic rings. The van der Waals surface area contributed by atoms with Crippen LogP contribution < -0.4 is 14.8 Å². The molecule has 0 saturated heterocycles. The molecule has 3 aromatic rings. The molecule has 0 aliphatic carbocycles. The minimum Gasteiger partial charge on any atom is -0.487 e. The van der Waals surface area contributed by atoms with Crippen LogP contribution in [0.15, 0.2) is 30.3 Å². The van der Waals surface area contributed by atoms with Crippen LogP contribution in [-0.2, 0) is 19.9 Å². The summed E-state index contributed by atoms with van der Waals surface area (Å²) in [6, 6.07) is 7.96. The van der Waals surface area contributed by atoms with E-state index in [1.807, 2.05) is 6.92 Å². The van der Waals surface area contributed by atoms with Crippen LogP contribution in [0.1, 0.15) is 28.7 Å². The van der Waals surface area contributed by atoms with Crippen LogP contribution in [0.3, 0.4) is 0 Å². The zero-order valence-electron chi connectivity index (χ0n) is 17.0. The summed E-state index contributed by atoms with van der Waals surface area (Å²) in [5, 5.41) is 15.2. The molecule has 8 nitrogen and oxygen atoms in total. The Balaban J connectivity index is 1.48. The number of nitrogens with one attached hydrogen (secondary N) is 1. The Labute approximate surface area is 173 Å². The van der Waals surface area contributed by atoms with Crippen molar-refractivity contribution in [2.45, 2.75) is 25.9 Å². The molecule has 0 radical (unpaired) electrons. The molecule has 1 atom stereocenters. The van der Waals surface area contributed by atoms with E-state index < -0.39 is 0 Å². The average molecular weight is 411 g/mol. The Kier molecular flexibility index (Phi) is 5.35. The van der Waals surface area contributed by atoms with Gasteiger partial charge in [0.25, 0.3) is 5.91 Å². The maximum Gasteiger partial charge on any atom is 0.269 e. The van der Waals surface area contributed by atoms with E-state index in [9.17, 15) is 9.18 Å². The highest BCUT2D eigenvalue weighted by atomic mass is 19.1. The number of aryl methyl sites for hydroxylation is 2. The Morgan fingerprint density at radius 2 is 2.17 bits per heavy atom. The van der Waals surface area contributed by atoms with E-state index in [-0.39, 0.29) is 24.4 Å². The fourth-order valence-corrected chi connectivity index (χ4v) is 3.48. The molecule has 1 aromatic carbocycles. The van der Waals surface area contributed by atoms with Crippen LogP contribution >= 0.6 is 0 Å². The highest BCUT2D eigenvalue weighted by molar-refractivity contribution is 5.92. The molecule has 1 N–H and O–H groups in total. The average Bonchev–Trinajstić information content (AvgIpc) is 3.34. The molecule has 0 spiro atoms. The van der Waals surface area contributed by atoms with Crippen molar-refractivity contribution in [2.75, 3.05) is 13.7 Å². The lowest BCUT2D eigenvalue weighted by Gasteiger charge is -2.13. The summed E-state index contributed by atoms with van der Waals surface area (Å²) in [6.07, 6.45) is 0.926. The summed E-state index contributed by atoms with van der Waals surface area (Å²) >= 11 is 0. The van der Waals surface area contributed by atoms with Crippen molar-refractivity contribution in [1.29, 1.82) is 0 Å². The van der Waals surface area contributed by atoms with Gasteiger partial charge >= 0.3 is 0 Å². The van der Waals surface area contributed by atoms with Gasteiger partial charge in [0, 0.05) is 30.7 Å². The molecule has 9 heteroatoms. The topological polar surface area (TPSA) is 91.2 Å². The lowest BCUT2D eigenvalue weighted by atomic mass is 10.0. The first-order chi connectivity index (χ1) is 14.5. The highest BCUT2D eigenvalue weighted by Crippen LogP contribution is 2.39. The molecule has 0 bridgehead atoms. The summed E-state index contributed by atoms with van der Waals surface area (Å²) in [6.45, 7) is 2.27. The van der Waals surface area contributed by atoms with Gasteiger partial charge in [0.2, 0.25) is 5.88 Å². The van der Waals surface area contributed by atoms with Gasteiger partial charge in [0.05, 0.1) is 25.0 Å². The quantitative estimate of drug-likeness (QED) is 0.669. The van der Waals surface area contributed by atoms with Crippen molar-refractivity contribution in [3.05, 3.63) is 53.1 Å². The second kappa shape index (κ2) is 8.10. The van der Waals surface area contributed by atoms with Gasteiger partial charge in [0.15, 0.2) is 0 Å². The van der Waals surface area contributed by atoms with E-state index in [1.165, 1.54) is 19.2 Å². The number of nitrogens with zero attached hydrogens (tertiary/aromatic N) is 4. The molecule has 3 heterocycles. The normalized spacial score (nSPS) is 14.9. The van der Waals surface area contributed by atoms with Crippen LogP contribution in [0.5, 0.6) is 11.6 Å². The van der Waals surface area contributed by atoms with E-state index in [0.717, 1.165) is 17.7 Å². The summed E-state index contributed by atoms with van der Waals surface area (Å²) in [4.78, 5) is 12.5. The lowest BCUT2D eigenvalue weighted by Crippen LogP contribution is -2.35. The standard InChI is InChI=1S/C21H22FN5O3/c1-4-14-10-18(27(2)26-14)21(28)23-11-15-8-12-7-13(22)9-16(20(12)30-15)17-5-6-19(29-3)25-24-17/h5-7,9-10,15H,4,8,11H2,1-3H3,(H,23,28). The Morgan fingerprint density at radius 1 is 1.33 bits per heavy atom. The van der Waals surface area contributed by atoms with Crippen molar-refractivity contribution in [1.82, 2.24) is 25.3 Å². The molecule has 156 valence electrons. The second-order valence-corrected chi connectivity index (χ2v) is 7.05. The number of ether oxygens (including phenoxy) is 2. The first-order valence-electron chi connectivity index (χ1n) is 9.66. The number of amides is 1. The number of fused-ring (bicyclic) bond motifs is 1. The van der Waals surface area contributed by atoms with Gasteiger partial charge in [-0.25, -0.2) is 4.39 Å². The van der Waals surface area contributed by atoms with Crippen molar-refractivity contribution >= 4 is 5.91 Å². The third-order valence-electron chi connectivity index (χ3n) is 5.00. The Morgan fingerprint density at radius 3 is 2.83 bits per heavy atom. The maximum atomic E-state index is 14.2. The smallest absolute Gasteiger partial charge is 0.269 e. The summed E-state index contributed by atoms with van der Waals surface area (Å²) in [5.74, 6) is 0.326. The fourth-order valence-electron chi connectivity index (χ4n) is 3.48. The number of aromatic nitrogens is 4. The number of carbonyl (C=O) groups is 1. The van der Waals surface area contributed by atoms with Crippen LogP contribution in [0.4, 0.5) is 4.39 Å². The van der Waals surface area contributed by atoms with Crippen molar-refractivity contribution < 1.29 is 18.7 Å². The van der Waals surface area contributed by atoms with Gasteiger partial charge in [-0.1, -0.05) is 6.92 Å². The molecular formula is C21H22FN5O3. The maximum absolute atomic E-state index is 14.2. The third kappa shape index (κ3) is 3.83. The van der Waals surface area contributed by atoms with E-state index in [4.69, 9.17) is 9.47 Å². The van der Waals surface area contributed by atoms with Gasteiger partial charge in [-0.3, -0.25) is 9.48 Å². The first kappa shape index (κ1) is 19.8. The SMILES string of the molecule is CCc1cc(C(=O)NCC2Cc3cc(F)cc(-c4ccc(OC)nn4)c3O2)n(C)n1. The zero-order chi connectivity index (χ0) is 21.3. The first-order valence-corrected chi connectivity index (χ1v) is 9.66. The number of hydrogen-bond donors (Lipinski definition) is 1. The molecule has 30 heavy (non-hydrogen) atoms. The number of rotatable bonds is 6. The van der Waals surface area contributed by atoms with Gasteiger partial charge in [0.1, 0.15) is 23.4 Å². The lowest BCUT2D eigenvalue weighted by molar-refractivity contribution is 0.0924. The Bertz CT molecular complexity index is 1080. The summed E-state index contributed by atoms with van der Waals surface area (Å²) in [5.41, 5.74) is 3.08. The number of halogens is 1. The Hall–Kier alpha value is -3.49. The van der Waals surface area contributed by atoms with Gasteiger partial charge in [-0.15, -0.1) is 10.2 Å². The minimum atomic E-state index is -0.378. The van der Waals surface area contributed by atoms with Crippen molar-refractivity contribution in [3.63, 3.8) is 0 Å². The molecule has 1 amide bonds. The number of carbonyl (C=O) groups excluding carboxylic acids is 1. The van der Waals surface area contributed by atoms with Crippen LogP contribution in [-0.4, -0.2) is 45.6 Å². The third-order valence-corrected chi connectivity index (χ3v) is 5.00. The van der Waals surface area contributed by atoms with Crippen LogP contribution in [0, 0.1) is 5.82 Å². The van der Waals surface area contributed by atoms with Gasteiger partial charge < -0.3 is 14.8 Å². The van der Waals surface area contributed by atoms with Crippen molar-refractivity contribution in [3.8, 4) is 22.9 Å². The predicted octanol–water partition coefficient (Wildman–Crippen LogP) is 2.32. The molecule has 1 unspecified atom stereocenters. The predicted molar refractivity (Wildman–Crippen MR) is 107 cm³/mol. The van der Waals surface area contributed by atoms with Gasteiger partial charge in [-0.2, -0.15) is 5.10 Å². The highest BCUT2D eigenvalue weighted by Gasteiger charge is 2.28. The summed E-state index contributed by atoms with van der Waals surface area (Å²) in [7, 11) is 3.24. The largest absolute Gasteiger partial charge is 0.487 e. The van der Waals surface area contributed by atoms with Crippen LogP contribution in [0.2, 0.25) is 0 Å². The van der Waals surface area contributed by atoms with Crippen molar-refractivity contribution in [2.24, 2.45) is 7.05 Å². The molecule has 0 fully saturated rings. The monoisotopic (exact) mass is 411 g/mol. The van der Waals surface area contributed by atoms with E-state index in [0.29, 0.717) is 35.0 Å². The summed E-state index contributed by atoms with van der Waals surface area (Å²) < 4.78 is 26.8. The van der Waals surface area contributed by atoms with E-state index in [2.05, 4.69) is 20.6 Å². The molecule has 1 aliphatic heterocycles. The van der Waals surface area contributed by atoms with Crippen LogP contribution in [0.25, 0.3) is 11.3 Å². The zero-order valence-corrected chi connectivity index (χ0v) is 17.0. The fraction of sp³-hybridized carbons (Fsp3) is 0.333. The number of benzene rings is 1. The molecule has 2 aromatic heterocycles. The van der Waals surface area contributed by atoms with Gasteiger partial charge in [-0.05, 0) is 30.7 Å². The number of hydrogen-bond acceptors (Lipinski definition) is 6. The molecular weight excluding hydrogens is 389 g/mol. The molecule has 4 rings (SSSR count). The molecule has 0 saturated carbocycles. The number of methoxy groups -OCH3 is 1. The minimum absolute atomic E-state index is 0.225.